The average molecular weight is 374 g/mol. The Labute approximate surface area is 148 Å². The van der Waals surface area contributed by atoms with Crippen LogP contribution < -0.4 is 4.74 Å². The van der Waals surface area contributed by atoms with Crippen LogP contribution in [-0.2, 0) is 4.74 Å². The molecule has 2 aromatic rings. The fourth-order valence-corrected chi connectivity index (χ4v) is 3.72. The minimum atomic E-state index is -0.913. The van der Waals surface area contributed by atoms with E-state index < -0.39 is 11.6 Å². The number of hydrogen-bond acceptors (Lipinski definition) is 4. The molecule has 0 radical (unpaired) electrons. The van der Waals surface area contributed by atoms with Gasteiger partial charge >= 0.3 is 0 Å². The number of thiophene rings is 1. The van der Waals surface area contributed by atoms with Crippen LogP contribution in [0.2, 0.25) is 4.34 Å². The third-order valence-electron chi connectivity index (χ3n) is 3.89. The minimum Gasteiger partial charge on any atom is -0.485 e. The van der Waals surface area contributed by atoms with Gasteiger partial charge in [-0.25, -0.2) is 8.78 Å². The van der Waals surface area contributed by atoms with E-state index in [2.05, 4.69) is 4.90 Å². The molecule has 0 N–H and O–H groups in total. The molecule has 3 rings (SSSR count). The Bertz CT molecular complexity index is 676. The summed E-state index contributed by atoms with van der Waals surface area (Å²) in [6.07, 6.45) is 0.478. The molecule has 1 aromatic heterocycles. The summed E-state index contributed by atoms with van der Waals surface area (Å²) in [5.41, 5.74) is 0. The Kier molecular flexibility index (Phi) is 6.05. The van der Waals surface area contributed by atoms with Crippen LogP contribution in [-0.4, -0.2) is 37.7 Å². The highest BCUT2D eigenvalue weighted by atomic mass is 35.5. The Morgan fingerprint density at radius 2 is 1.96 bits per heavy atom. The largest absolute Gasteiger partial charge is 0.485 e. The second-order valence-corrected chi connectivity index (χ2v) is 7.31. The van der Waals surface area contributed by atoms with Crippen molar-refractivity contribution in [3.63, 3.8) is 0 Å². The quantitative estimate of drug-likeness (QED) is 0.743. The van der Waals surface area contributed by atoms with Crippen molar-refractivity contribution < 1.29 is 18.3 Å². The summed E-state index contributed by atoms with van der Waals surface area (Å²) in [6.45, 7) is 4.10. The molecule has 0 amide bonds. The van der Waals surface area contributed by atoms with Crippen molar-refractivity contribution in [2.75, 3.05) is 32.8 Å². The van der Waals surface area contributed by atoms with E-state index in [1.807, 2.05) is 12.1 Å². The van der Waals surface area contributed by atoms with Gasteiger partial charge in [-0.2, -0.15) is 0 Å². The van der Waals surface area contributed by atoms with Crippen molar-refractivity contribution in [1.82, 2.24) is 4.90 Å². The van der Waals surface area contributed by atoms with E-state index in [0.717, 1.165) is 56.3 Å². The van der Waals surface area contributed by atoms with Crippen LogP contribution in [0.4, 0.5) is 8.78 Å². The summed E-state index contributed by atoms with van der Waals surface area (Å²) in [5, 5.41) is 0. The van der Waals surface area contributed by atoms with Crippen LogP contribution >= 0.6 is 22.9 Å². The third kappa shape index (κ3) is 4.66. The molecule has 24 heavy (non-hydrogen) atoms. The molecule has 0 spiro atoms. The molecule has 0 bridgehead atoms. The normalized spacial score (nSPS) is 17.0. The van der Waals surface area contributed by atoms with E-state index in [1.54, 1.807) is 0 Å². The highest BCUT2D eigenvalue weighted by molar-refractivity contribution is 7.16. The van der Waals surface area contributed by atoms with Crippen LogP contribution in [0.25, 0.3) is 0 Å². The average Bonchev–Trinajstić information content (AvgIpc) is 3.02. The lowest BCUT2D eigenvalue weighted by atomic mass is 10.2. The van der Waals surface area contributed by atoms with Gasteiger partial charge in [-0.3, -0.25) is 4.90 Å². The SMILES string of the molecule is Fc1ccc(OC(CCN2CCOCC2)c2ccc(Cl)s2)cc1F. The van der Waals surface area contributed by atoms with E-state index >= 15 is 0 Å². The van der Waals surface area contributed by atoms with E-state index in [4.69, 9.17) is 21.1 Å². The summed E-state index contributed by atoms with van der Waals surface area (Å²) < 4.78 is 38.5. The van der Waals surface area contributed by atoms with Gasteiger partial charge in [-0.05, 0) is 24.3 Å². The van der Waals surface area contributed by atoms with Crippen LogP contribution in [0, 0.1) is 11.6 Å². The maximum atomic E-state index is 13.4. The molecular weight excluding hydrogens is 356 g/mol. The maximum absolute atomic E-state index is 13.4. The first-order valence-corrected chi connectivity index (χ1v) is 8.98. The zero-order valence-corrected chi connectivity index (χ0v) is 14.6. The highest BCUT2D eigenvalue weighted by Gasteiger charge is 2.19. The third-order valence-corrected chi connectivity index (χ3v) is 5.22. The molecule has 7 heteroatoms. The molecule has 1 aliphatic heterocycles. The van der Waals surface area contributed by atoms with Gasteiger partial charge in [-0.15, -0.1) is 11.3 Å². The van der Waals surface area contributed by atoms with Crippen molar-refractivity contribution >= 4 is 22.9 Å². The second-order valence-electron chi connectivity index (χ2n) is 5.57. The molecule has 1 saturated heterocycles. The van der Waals surface area contributed by atoms with Gasteiger partial charge in [0.2, 0.25) is 0 Å². The summed E-state index contributed by atoms with van der Waals surface area (Å²) in [4.78, 5) is 3.28. The Hall–Kier alpha value is -1.21. The van der Waals surface area contributed by atoms with E-state index in [-0.39, 0.29) is 6.10 Å². The van der Waals surface area contributed by atoms with Crippen LogP contribution in [0.3, 0.4) is 0 Å². The first-order chi connectivity index (χ1) is 11.6. The maximum Gasteiger partial charge on any atom is 0.162 e. The molecule has 2 heterocycles. The first-order valence-electron chi connectivity index (χ1n) is 7.79. The fourth-order valence-electron chi connectivity index (χ4n) is 2.60. The van der Waals surface area contributed by atoms with E-state index in [9.17, 15) is 8.78 Å². The molecule has 0 saturated carbocycles. The van der Waals surface area contributed by atoms with E-state index in [0.29, 0.717) is 10.1 Å². The van der Waals surface area contributed by atoms with Gasteiger partial charge < -0.3 is 9.47 Å². The van der Waals surface area contributed by atoms with Gasteiger partial charge in [0.15, 0.2) is 11.6 Å². The molecule has 0 aliphatic carbocycles. The fraction of sp³-hybridized carbons (Fsp3) is 0.412. The van der Waals surface area contributed by atoms with Gasteiger partial charge in [0, 0.05) is 37.0 Å². The van der Waals surface area contributed by atoms with Gasteiger partial charge in [0.05, 0.1) is 17.6 Å². The molecule has 1 aliphatic rings. The number of halogens is 3. The van der Waals surface area contributed by atoms with Crippen molar-refractivity contribution in [3.8, 4) is 5.75 Å². The standard InChI is InChI=1S/C17H18ClF2NO2S/c18-17-4-3-16(24-17)15(5-6-21-7-9-22-10-8-21)23-12-1-2-13(19)14(20)11-12/h1-4,11,15H,5-10H2. The molecule has 1 atom stereocenters. The number of hydrogen-bond donors (Lipinski definition) is 0. The van der Waals surface area contributed by atoms with Crippen molar-refractivity contribution in [2.24, 2.45) is 0 Å². The lowest BCUT2D eigenvalue weighted by molar-refractivity contribution is 0.0318. The zero-order chi connectivity index (χ0) is 16.9. The number of morpholine rings is 1. The first kappa shape index (κ1) is 17.6. The number of rotatable bonds is 6. The Morgan fingerprint density at radius 1 is 1.17 bits per heavy atom. The second kappa shape index (κ2) is 8.25. The molecule has 1 unspecified atom stereocenters. The molecule has 3 nitrogen and oxygen atoms in total. The summed E-state index contributed by atoms with van der Waals surface area (Å²) in [7, 11) is 0. The Balaban J connectivity index is 1.70. The zero-order valence-electron chi connectivity index (χ0n) is 13.0. The molecule has 1 aromatic carbocycles. The Morgan fingerprint density at radius 3 is 2.62 bits per heavy atom. The number of nitrogens with zero attached hydrogens (tertiary/aromatic N) is 1. The molecule has 1 fully saturated rings. The topological polar surface area (TPSA) is 21.7 Å². The highest BCUT2D eigenvalue weighted by Crippen LogP contribution is 2.33. The van der Waals surface area contributed by atoms with E-state index in [1.165, 1.54) is 17.4 Å². The smallest absolute Gasteiger partial charge is 0.162 e. The van der Waals surface area contributed by atoms with Gasteiger partial charge in [0.1, 0.15) is 11.9 Å². The monoisotopic (exact) mass is 373 g/mol. The van der Waals surface area contributed by atoms with Crippen LogP contribution in [0.15, 0.2) is 30.3 Å². The van der Waals surface area contributed by atoms with Crippen molar-refractivity contribution in [3.05, 3.63) is 51.2 Å². The van der Waals surface area contributed by atoms with Crippen LogP contribution in [0.1, 0.15) is 17.4 Å². The lowest BCUT2D eigenvalue weighted by Crippen LogP contribution is -2.37. The van der Waals surface area contributed by atoms with Gasteiger partial charge in [0.25, 0.3) is 0 Å². The van der Waals surface area contributed by atoms with Crippen molar-refractivity contribution in [2.45, 2.75) is 12.5 Å². The van der Waals surface area contributed by atoms with Gasteiger partial charge in [-0.1, -0.05) is 11.6 Å². The molecular formula is C17H18ClF2NO2S. The number of benzene rings is 1. The predicted octanol–water partition coefficient (Wildman–Crippen LogP) is 4.52. The van der Waals surface area contributed by atoms with Crippen LogP contribution in [0.5, 0.6) is 5.75 Å². The number of ether oxygens (including phenoxy) is 2. The summed E-state index contributed by atoms with van der Waals surface area (Å²) in [5.74, 6) is -1.49. The minimum absolute atomic E-state index is 0.254. The summed E-state index contributed by atoms with van der Waals surface area (Å²) in [6, 6.07) is 7.32. The summed E-state index contributed by atoms with van der Waals surface area (Å²) >= 11 is 7.47. The van der Waals surface area contributed by atoms with Crippen molar-refractivity contribution in [1.29, 1.82) is 0 Å². The molecule has 130 valence electrons. The predicted molar refractivity (Wildman–Crippen MR) is 90.9 cm³/mol. The lowest BCUT2D eigenvalue weighted by Gasteiger charge is -2.28.